The molecule has 0 saturated heterocycles. The first-order valence-corrected chi connectivity index (χ1v) is 9.88. The largest absolute Gasteiger partial charge is 0.340 e. The van der Waals surface area contributed by atoms with Gasteiger partial charge >= 0.3 is 0 Å². The predicted molar refractivity (Wildman–Crippen MR) is 111 cm³/mol. The Kier molecular flexibility index (Phi) is 5.36. The van der Waals surface area contributed by atoms with Crippen LogP contribution in [0.2, 0.25) is 0 Å². The van der Waals surface area contributed by atoms with E-state index in [0.717, 1.165) is 13.1 Å². The molecule has 0 spiro atoms. The summed E-state index contributed by atoms with van der Waals surface area (Å²) in [7, 11) is 0. The molecule has 0 radical (unpaired) electrons. The molecular weight excluding hydrogens is 318 g/mol. The van der Waals surface area contributed by atoms with E-state index in [1.54, 1.807) is 0 Å². The number of imidazole rings is 1. The van der Waals surface area contributed by atoms with Crippen molar-refractivity contribution in [3.8, 4) is 5.69 Å². The Balaban J connectivity index is 2.26. The van der Waals surface area contributed by atoms with Gasteiger partial charge in [0, 0.05) is 30.3 Å². The number of rotatable bonds is 6. The lowest BCUT2D eigenvalue weighted by atomic mass is 9.92. The molecule has 0 atom stereocenters. The molecule has 26 heavy (non-hydrogen) atoms. The van der Waals surface area contributed by atoms with Crippen molar-refractivity contribution >= 4 is 11.3 Å². The van der Waals surface area contributed by atoms with Crippen LogP contribution in [0, 0.1) is 0 Å². The van der Waals surface area contributed by atoms with Gasteiger partial charge in [-0.05, 0) is 31.7 Å². The molecule has 0 aliphatic rings. The summed E-state index contributed by atoms with van der Waals surface area (Å²) in [5.41, 5.74) is 5.37. The number of benzene rings is 1. The van der Waals surface area contributed by atoms with E-state index in [1.165, 1.54) is 28.1 Å². The average Bonchev–Trinajstić information content (AvgIpc) is 3.06. The van der Waals surface area contributed by atoms with E-state index in [0.29, 0.717) is 11.8 Å². The quantitative estimate of drug-likeness (QED) is 0.549. The average molecular weight is 351 g/mol. The van der Waals surface area contributed by atoms with Gasteiger partial charge in [0.15, 0.2) is 5.52 Å². The molecule has 0 amide bonds. The fraction of sp³-hybridized carbons (Fsp3) is 0.435. The molecular formula is C23H32N3+. The van der Waals surface area contributed by atoms with Crippen molar-refractivity contribution < 1.29 is 4.57 Å². The van der Waals surface area contributed by atoms with Crippen LogP contribution in [0.3, 0.4) is 0 Å². The van der Waals surface area contributed by atoms with Crippen molar-refractivity contribution in [3.63, 3.8) is 0 Å². The zero-order chi connectivity index (χ0) is 18.8. The van der Waals surface area contributed by atoms with Crippen LogP contribution < -0.4 is 9.47 Å². The monoisotopic (exact) mass is 350 g/mol. The minimum atomic E-state index is 0.487. The first-order chi connectivity index (χ1) is 12.5. The smallest absolute Gasteiger partial charge is 0.255 e. The Labute approximate surface area is 157 Å². The van der Waals surface area contributed by atoms with Crippen molar-refractivity contribution in [1.29, 1.82) is 0 Å². The molecule has 3 heteroatoms. The Hall–Kier alpha value is -2.29. The second kappa shape index (κ2) is 7.53. The van der Waals surface area contributed by atoms with E-state index in [-0.39, 0.29) is 0 Å². The normalized spacial score (nSPS) is 11.7. The van der Waals surface area contributed by atoms with E-state index in [9.17, 15) is 0 Å². The van der Waals surface area contributed by atoms with Crippen LogP contribution in [0.15, 0.2) is 48.9 Å². The van der Waals surface area contributed by atoms with E-state index in [2.05, 4.69) is 104 Å². The maximum Gasteiger partial charge on any atom is 0.255 e. The SMILES string of the molecule is CCN(CC)c1cccc2c[n+](-c3c(C(C)C)cccc3C(C)C)cn12. The molecule has 0 unspecified atom stereocenters. The molecule has 3 aromatic rings. The third kappa shape index (κ3) is 3.23. The third-order valence-corrected chi connectivity index (χ3v) is 5.24. The summed E-state index contributed by atoms with van der Waals surface area (Å²) < 4.78 is 4.64. The van der Waals surface area contributed by atoms with Crippen LogP contribution in [-0.4, -0.2) is 17.5 Å². The minimum Gasteiger partial charge on any atom is -0.340 e. The number of nitrogens with zero attached hydrogens (tertiary/aromatic N) is 3. The third-order valence-electron chi connectivity index (χ3n) is 5.24. The van der Waals surface area contributed by atoms with Gasteiger partial charge in [-0.1, -0.05) is 52.0 Å². The highest BCUT2D eigenvalue weighted by atomic mass is 15.2. The highest BCUT2D eigenvalue weighted by molar-refractivity contribution is 5.54. The molecule has 1 aromatic carbocycles. The number of hydrogen-bond acceptors (Lipinski definition) is 1. The maximum atomic E-state index is 2.40. The van der Waals surface area contributed by atoms with Crippen molar-refractivity contribution in [2.45, 2.75) is 53.4 Å². The minimum absolute atomic E-state index is 0.487. The fourth-order valence-electron chi connectivity index (χ4n) is 3.79. The zero-order valence-electron chi connectivity index (χ0n) is 17.0. The van der Waals surface area contributed by atoms with Gasteiger partial charge in [0.2, 0.25) is 5.82 Å². The number of pyridine rings is 1. The molecule has 138 valence electrons. The molecule has 0 aliphatic heterocycles. The second-order valence-electron chi connectivity index (χ2n) is 7.60. The summed E-state index contributed by atoms with van der Waals surface area (Å²) in [5.74, 6) is 2.22. The number of para-hydroxylation sites is 1. The van der Waals surface area contributed by atoms with Crippen LogP contribution in [-0.2, 0) is 0 Å². The van der Waals surface area contributed by atoms with E-state index in [1.807, 2.05) is 0 Å². The van der Waals surface area contributed by atoms with E-state index in [4.69, 9.17) is 0 Å². The van der Waals surface area contributed by atoms with Crippen molar-refractivity contribution in [1.82, 2.24) is 4.40 Å². The summed E-state index contributed by atoms with van der Waals surface area (Å²) in [5, 5.41) is 0. The van der Waals surface area contributed by atoms with Crippen LogP contribution in [0.5, 0.6) is 0 Å². The summed E-state index contributed by atoms with van der Waals surface area (Å²) in [4.78, 5) is 2.40. The number of fused-ring (bicyclic) bond motifs is 1. The van der Waals surface area contributed by atoms with Crippen LogP contribution in [0.25, 0.3) is 11.2 Å². The standard InChI is InChI=1S/C23H32N3/c1-7-24(8-2)22-14-9-11-19-15-25(16-26(19)22)23-20(17(3)4)12-10-13-21(23)18(5)6/h9-18H,7-8H2,1-6H3/q+1. The van der Waals surface area contributed by atoms with Crippen molar-refractivity contribution in [3.05, 3.63) is 60.0 Å². The number of aromatic nitrogens is 2. The molecule has 0 aliphatic carbocycles. The van der Waals surface area contributed by atoms with Gasteiger partial charge in [0.05, 0.1) is 0 Å². The van der Waals surface area contributed by atoms with Gasteiger partial charge in [-0.3, -0.25) is 0 Å². The lowest BCUT2D eigenvalue weighted by Crippen LogP contribution is -2.32. The number of anilines is 1. The van der Waals surface area contributed by atoms with Crippen molar-refractivity contribution in [2.24, 2.45) is 0 Å². The fourth-order valence-corrected chi connectivity index (χ4v) is 3.79. The molecule has 2 aromatic heterocycles. The van der Waals surface area contributed by atoms with Crippen LogP contribution in [0.4, 0.5) is 5.82 Å². The topological polar surface area (TPSA) is 11.5 Å². The second-order valence-corrected chi connectivity index (χ2v) is 7.60. The Morgan fingerprint density at radius 2 is 1.46 bits per heavy atom. The first kappa shape index (κ1) is 18.5. The molecule has 3 rings (SSSR count). The Morgan fingerprint density at radius 3 is 2.00 bits per heavy atom. The molecule has 0 fully saturated rings. The lowest BCUT2D eigenvalue weighted by molar-refractivity contribution is -0.595. The molecule has 0 saturated carbocycles. The van der Waals surface area contributed by atoms with Gasteiger partial charge in [-0.25, -0.2) is 4.57 Å². The van der Waals surface area contributed by atoms with Gasteiger partial charge in [0.1, 0.15) is 11.9 Å². The highest BCUT2D eigenvalue weighted by Gasteiger charge is 2.22. The van der Waals surface area contributed by atoms with E-state index < -0.39 is 0 Å². The number of hydrogen-bond donors (Lipinski definition) is 0. The molecule has 3 nitrogen and oxygen atoms in total. The molecule has 0 N–H and O–H groups in total. The van der Waals surface area contributed by atoms with Gasteiger partial charge in [-0.15, -0.1) is 0 Å². The van der Waals surface area contributed by atoms with Crippen LogP contribution >= 0.6 is 0 Å². The zero-order valence-corrected chi connectivity index (χ0v) is 17.0. The van der Waals surface area contributed by atoms with Crippen LogP contribution in [0.1, 0.15) is 64.5 Å². The van der Waals surface area contributed by atoms with E-state index >= 15 is 0 Å². The summed E-state index contributed by atoms with van der Waals surface area (Å²) in [6, 6.07) is 13.3. The molecule has 0 bridgehead atoms. The van der Waals surface area contributed by atoms with Gasteiger partial charge in [0.25, 0.3) is 6.33 Å². The highest BCUT2D eigenvalue weighted by Crippen LogP contribution is 2.28. The summed E-state index contributed by atoms with van der Waals surface area (Å²) in [6.07, 6.45) is 4.51. The van der Waals surface area contributed by atoms with Crippen molar-refractivity contribution in [2.75, 3.05) is 18.0 Å². The summed E-state index contributed by atoms with van der Waals surface area (Å²) in [6.45, 7) is 15.6. The Bertz CT molecular complexity index is 859. The first-order valence-electron chi connectivity index (χ1n) is 9.88. The lowest BCUT2D eigenvalue weighted by Gasteiger charge is -2.18. The predicted octanol–water partition coefficient (Wildman–Crippen LogP) is 5.31. The maximum absolute atomic E-state index is 2.40. The molecule has 2 heterocycles. The van der Waals surface area contributed by atoms with Gasteiger partial charge in [-0.2, -0.15) is 4.40 Å². The Morgan fingerprint density at radius 1 is 0.885 bits per heavy atom. The van der Waals surface area contributed by atoms with Gasteiger partial charge < -0.3 is 4.90 Å². The summed E-state index contributed by atoms with van der Waals surface area (Å²) >= 11 is 0.